The number of rotatable bonds is 3. The summed E-state index contributed by atoms with van der Waals surface area (Å²) >= 11 is 0. The average molecular weight is 331 g/mol. The van der Waals surface area contributed by atoms with Crippen LogP contribution in [-0.2, 0) is 4.74 Å². The Bertz CT molecular complexity index is 664. The highest BCUT2D eigenvalue weighted by atomic mass is 16.6. The van der Waals surface area contributed by atoms with Crippen molar-refractivity contribution in [2.45, 2.75) is 39.2 Å². The van der Waals surface area contributed by atoms with E-state index in [2.05, 4.69) is 10.3 Å². The molecule has 2 heterocycles. The number of piperidine rings is 1. The van der Waals surface area contributed by atoms with Gasteiger partial charge in [-0.1, -0.05) is 12.1 Å². The van der Waals surface area contributed by atoms with Gasteiger partial charge in [-0.25, -0.2) is 4.79 Å². The lowest BCUT2D eigenvalue weighted by Gasteiger charge is -2.33. The van der Waals surface area contributed by atoms with Gasteiger partial charge in [-0.3, -0.25) is 0 Å². The van der Waals surface area contributed by atoms with E-state index < -0.39 is 5.60 Å². The number of likely N-dealkylation sites (tertiary alicyclic amines) is 1. The molecule has 0 radical (unpaired) electrons. The third-order valence-corrected chi connectivity index (χ3v) is 4.10. The first-order chi connectivity index (χ1) is 11.4. The second kappa shape index (κ2) is 6.71. The number of fused-ring (bicyclic) bond motifs is 1. The zero-order chi connectivity index (χ0) is 17.2. The second-order valence-electron chi connectivity index (χ2n) is 7.28. The molecule has 0 atom stereocenters. The van der Waals surface area contributed by atoms with Crippen LogP contribution in [0.1, 0.15) is 33.6 Å². The maximum atomic E-state index is 12.1. The van der Waals surface area contributed by atoms with E-state index >= 15 is 0 Å². The quantitative estimate of drug-likeness (QED) is 0.924. The minimum atomic E-state index is -0.442. The molecule has 1 fully saturated rings. The lowest BCUT2D eigenvalue weighted by Crippen LogP contribution is -2.42. The summed E-state index contributed by atoms with van der Waals surface area (Å²) < 4.78 is 11.1. The van der Waals surface area contributed by atoms with Crippen molar-refractivity contribution in [1.82, 2.24) is 9.88 Å². The smallest absolute Gasteiger partial charge is 0.410 e. The van der Waals surface area contributed by atoms with E-state index in [0.29, 0.717) is 11.9 Å². The van der Waals surface area contributed by atoms with E-state index in [9.17, 15) is 4.79 Å². The topological polar surface area (TPSA) is 67.6 Å². The number of aromatic nitrogens is 1. The van der Waals surface area contributed by atoms with Crippen LogP contribution in [0.3, 0.4) is 0 Å². The van der Waals surface area contributed by atoms with Gasteiger partial charge in [0, 0.05) is 19.6 Å². The van der Waals surface area contributed by atoms with E-state index in [1.807, 2.05) is 45.0 Å². The summed E-state index contributed by atoms with van der Waals surface area (Å²) in [6.07, 6.45) is 1.69. The Hall–Kier alpha value is -2.24. The summed E-state index contributed by atoms with van der Waals surface area (Å²) in [6.45, 7) is 7.93. The van der Waals surface area contributed by atoms with Crippen LogP contribution in [0.4, 0.5) is 10.8 Å². The first-order valence-electron chi connectivity index (χ1n) is 8.48. The standard InChI is InChI=1S/C18H25N3O3/c1-18(2,3)24-17(22)21-10-8-13(9-11-21)12-19-16-20-14-6-4-5-7-15(14)23-16/h4-7,13H,8-12H2,1-3H3,(H,19,20). The van der Waals surface area contributed by atoms with Gasteiger partial charge in [-0.2, -0.15) is 4.98 Å². The summed E-state index contributed by atoms with van der Waals surface area (Å²) in [5, 5.41) is 3.27. The van der Waals surface area contributed by atoms with E-state index in [0.717, 1.165) is 43.6 Å². The molecule has 0 saturated carbocycles. The predicted molar refractivity (Wildman–Crippen MR) is 93.0 cm³/mol. The molecule has 0 aliphatic carbocycles. The molecule has 1 aromatic heterocycles. The van der Waals surface area contributed by atoms with E-state index in [-0.39, 0.29) is 6.09 Å². The molecule has 6 nitrogen and oxygen atoms in total. The summed E-state index contributed by atoms with van der Waals surface area (Å²) in [7, 11) is 0. The number of amides is 1. The molecule has 1 N–H and O–H groups in total. The molecule has 6 heteroatoms. The van der Waals surface area contributed by atoms with Crippen LogP contribution in [0.25, 0.3) is 11.1 Å². The molecule has 1 aromatic carbocycles. The number of anilines is 1. The monoisotopic (exact) mass is 331 g/mol. The fourth-order valence-electron chi connectivity index (χ4n) is 2.83. The number of hydrogen-bond acceptors (Lipinski definition) is 5. The minimum absolute atomic E-state index is 0.215. The van der Waals surface area contributed by atoms with Crippen LogP contribution >= 0.6 is 0 Å². The number of para-hydroxylation sites is 2. The third kappa shape index (κ3) is 4.19. The van der Waals surface area contributed by atoms with E-state index in [1.165, 1.54) is 0 Å². The molecule has 1 saturated heterocycles. The third-order valence-electron chi connectivity index (χ3n) is 4.10. The molecule has 0 unspecified atom stereocenters. The molecular weight excluding hydrogens is 306 g/mol. The first kappa shape index (κ1) is 16.6. The van der Waals surface area contributed by atoms with Crippen molar-refractivity contribution < 1.29 is 13.9 Å². The van der Waals surface area contributed by atoms with Crippen molar-refractivity contribution in [3.8, 4) is 0 Å². The number of carbonyl (C=O) groups excluding carboxylic acids is 1. The molecule has 0 spiro atoms. The van der Waals surface area contributed by atoms with Crippen LogP contribution in [0, 0.1) is 5.92 Å². The summed E-state index contributed by atoms with van der Waals surface area (Å²) in [5.74, 6) is 0.499. The lowest BCUT2D eigenvalue weighted by molar-refractivity contribution is 0.0188. The summed E-state index contributed by atoms with van der Waals surface area (Å²) in [6, 6.07) is 8.28. The zero-order valence-corrected chi connectivity index (χ0v) is 14.5. The Morgan fingerprint density at radius 3 is 2.71 bits per heavy atom. The van der Waals surface area contributed by atoms with Crippen molar-refractivity contribution in [2.75, 3.05) is 25.0 Å². The molecule has 24 heavy (non-hydrogen) atoms. The number of oxazole rings is 1. The number of carbonyl (C=O) groups is 1. The fraction of sp³-hybridized carbons (Fsp3) is 0.556. The first-order valence-corrected chi connectivity index (χ1v) is 8.48. The number of nitrogens with one attached hydrogen (secondary N) is 1. The Morgan fingerprint density at radius 1 is 1.33 bits per heavy atom. The number of ether oxygens (including phenoxy) is 1. The van der Waals surface area contributed by atoms with Gasteiger partial charge in [0.2, 0.25) is 0 Å². The van der Waals surface area contributed by atoms with Gasteiger partial charge in [-0.05, 0) is 51.7 Å². The Labute approximate surface area is 142 Å². The van der Waals surface area contributed by atoms with Crippen molar-refractivity contribution in [1.29, 1.82) is 0 Å². The van der Waals surface area contributed by atoms with Gasteiger partial charge in [0.25, 0.3) is 6.01 Å². The fourth-order valence-corrected chi connectivity index (χ4v) is 2.83. The van der Waals surface area contributed by atoms with Gasteiger partial charge in [0.15, 0.2) is 5.58 Å². The van der Waals surface area contributed by atoms with Crippen LogP contribution in [-0.4, -0.2) is 41.2 Å². The molecule has 1 aliphatic rings. The molecule has 130 valence electrons. The largest absolute Gasteiger partial charge is 0.444 e. The van der Waals surface area contributed by atoms with Crippen LogP contribution < -0.4 is 5.32 Å². The van der Waals surface area contributed by atoms with Crippen molar-refractivity contribution in [3.05, 3.63) is 24.3 Å². The normalized spacial score (nSPS) is 16.4. The van der Waals surface area contributed by atoms with E-state index in [1.54, 1.807) is 4.90 Å². The Kier molecular flexibility index (Phi) is 4.64. The van der Waals surface area contributed by atoms with Gasteiger partial charge in [0.1, 0.15) is 11.1 Å². The molecule has 1 amide bonds. The van der Waals surface area contributed by atoms with Crippen LogP contribution in [0.15, 0.2) is 28.7 Å². The second-order valence-corrected chi connectivity index (χ2v) is 7.28. The summed E-state index contributed by atoms with van der Waals surface area (Å²) in [5.41, 5.74) is 1.21. The maximum Gasteiger partial charge on any atom is 0.410 e. The lowest BCUT2D eigenvalue weighted by atomic mass is 9.97. The average Bonchev–Trinajstić information content (AvgIpc) is 2.94. The van der Waals surface area contributed by atoms with Crippen molar-refractivity contribution in [3.63, 3.8) is 0 Å². The molecule has 3 rings (SSSR count). The maximum absolute atomic E-state index is 12.1. The van der Waals surface area contributed by atoms with E-state index in [4.69, 9.17) is 9.15 Å². The minimum Gasteiger partial charge on any atom is -0.444 e. The van der Waals surface area contributed by atoms with Gasteiger partial charge < -0.3 is 19.4 Å². The highest BCUT2D eigenvalue weighted by Gasteiger charge is 2.26. The summed E-state index contributed by atoms with van der Waals surface area (Å²) in [4.78, 5) is 18.3. The molecule has 2 aromatic rings. The number of hydrogen-bond donors (Lipinski definition) is 1. The highest BCUT2D eigenvalue weighted by Crippen LogP contribution is 2.22. The number of nitrogens with zero attached hydrogens (tertiary/aromatic N) is 2. The highest BCUT2D eigenvalue weighted by molar-refractivity contribution is 5.74. The molecular formula is C18H25N3O3. The SMILES string of the molecule is CC(C)(C)OC(=O)N1CCC(CNc2nc3ccccc3o2)CC1. The van der Waals surface area contributed by atoms with Crippen LogP contribution in [0.5, 0.6) is 0 Å². The van der Waals surface area contributed by atoms with Crippen molar-refractivity contribution >= 4 is 23.2 Å². The number of benzene rings is 1. The predicted octanol–water partition coefficient (Wildman–Crippen LogP) is 3.89. The molecule has 1 aliphatic heterocycles. The Balaban J connectivity index is 1.46. The Morgan fingerprint density at radius 2 is 2.04 bits per heavy atom. The van der Waals surface area contributed by atoms with Crippen molar-refractivity contribution in [2.24, 2.45) is 5.92 Å². The molecule has 0 bridgehead atoms. The van der Waals surface area contributed by atoms with Crippen LogP contribution in [0.2, 0.25) is 0 Å². The van der Waals surface area contributed by atoms with Gasteiger partial charge in [0.05, 0.1) is 0 Å². The van der Waals surface area contributed by atoms with Gasteiger partial charge in [-0.15, -0.1) is 0 Å². The zero-order valence-electron chi connectivity index (χ0n) is 14.5. The van der Waals surface area contributed by atoms with Gasteiger partial charge >= 0.3 is 6.09 Å².